The second-order valence-corrected chi connectivity index (χ2v) is 11.2. The van der Waals surface area contributed by atoms with Gasteiger partial charge in [0, 0.05) is 50.2 Å². The highest BCUT2D eigenvalue weighted by Gasteiger charge is 2.23. The quantitative estimate of drug-likeness (QED) is 0.358. The summed E-state index contributed by atoms with van der Waals surface area (Å²) in [6.07, 6.45) is 4.77. The van der Waals surface area contributed by atoms with Crippen molar-refractivity contribution in [3.8, 4) is 0 Å². The molecule has 1 aromatic heterocycles. The van der Waals surface area contributed by atoms with Gasteiger partial charge in [0.05, 0.1) is 29.2 Å². The van der Waals surface area contributed by atoms with Crippen LogP contribution in [0.2, 0.25) is 0 Å². The topological polar surface area (TPSA) is 65.8 Å². The Morgan fingerprint density at radius 3 is 2.06 bits per heavy atom. The second-order valence-electron chi connectivity index (χ2n) is 9.25. The number of hydrogen-bond donors (Lipinski definition) is 1. The van der Waals surface area contributed by atoms with E-state index in [1.54, 1.807) is 18.6 Å². The van der Waals surface area contributed by atoms with Gasteiger partial charge in [-0.25, -0.2) is 8.42 Å². The maximum atomic E-state index is 12.7. The van der Waals surface area contributed by atoms with E-state index in [1.807, 2.05) is 54.6 Å². The molecule has 1 N–H and O–H groups in total. The molecule has 0 spiro atoms. The lowest BCUT2D eigenvalue weighted by atomic mass is 9.98. The molecule has 1 saturated heterocycles. The van der Waals surface area contributed by atoms with Gasteiger partial charge in [-0.3, -0.25) is 4.90 Å². The maximum absolute atomic E-state index is 12.7. The van der Waals surface area contributed by atoms with Crippen LogP contribution in [0.3, 0.4) is 0 Å². The van der Waals surface area contributed by atoms with Crippen molar-refractivity contribution in [3.05, 3.63) is 114 Å². The molecular formula is C29H31N3O3S. The van der Waals surface area contributed by atoms with E-state index in [0.717, 1.165) is 49.5 Å². The third-order valence-corrected chi connectivity index (χ3v) is 7.81. The molecule has 0 saturated carbocycles. The number of rotatable bonds is 8. The van der Waals surface area contributed by atoms with E-state index in [9.17, 15) is 8.42 Å². The number of piperazine rings is 1. The molecule has 6 nitrogen and oxygen atoms in total. The van der Waals surface area contributed by atoms with Gasteiger partial charge in [-0.2, -0.15) is 0 Å². The minimum atomic E-state index is -3.43. The lowest BCUT2D eigenvalue weighted by molar-refractivity contribution is 0.249. The lowest BCUT2D eigenvalue weighted by Gasteiger charge is -2.36. The van der Waals surface area contributed by atoms with Crippen molar-refractivity contribution in [2.75, 3.05) is 42.7 Å². The highest BCUT2D eigenvalue weighted by atomic mass is 32.2. The van der Waals surface area contributed by atoms with E-state index in [-0.39, 0.29) is 6.04 Å². The fraction of sp³-hybridized carbons (Fsp3) is 0.241. The fourth-order valence-corrected chi connectivity index (χ4v) is 5.59. The van der Waals surface area contributed by atoms with Crippen LogP contribution in [-0.4, -0.2) is 45.8 Å². The fourth-order valence-electron chi connectivity index (χ4n) is 4.76. The molecule has 0 aliphatic carbocycles. The summed E-state index contributed by atoms with van der Waals surface area (Å²) in [5, 5.41) is 3.58. The Bertz CT molecular complexity index is 1330. The third-order valence-electron chi connectivity index (χ3n) is 6.65. The predicted octanol–water partition coefficient (Wildman–Crippen LogP) is 5.21. The molecule has 0 radical (unpaired) electrons. The smallest absolute Gasteiger partial charge is 0.177 e. The number of anilines is 2. The van der Waals surface area contributed by atoms with Crippen molar-refractivity contribution < 1.29 is 12.8 Å². The Morgan fingerprint density at radius 2 is 1.50 bits per heavy atom. The summed E-state index contributed by atoms with van der Waals surface area (Å²) >= 11 is 0. The molecule has 0 unspecified atom stereocenters. The predicted molar refractivity (Wildman–Crippen MR) is 144 cm³/mol. The van der Waals surface area contributed by atoms with Crippen molar-refractivity contribution in [2.45, 2.75) is 17.5 Å². The van der Waals surface area contributed by atoms with Gasteiger partial charge in [0.1, 0.15) is 0 Å². The van der Waals surface area contributed by atoms with Crippen LogP contribution < -0.4 is 10.2 Å². The van der Waals surface area contributed by atoms with Crippen molar-refractivity contribution in [1.29, 1.82) is 0 Å². The summed E-state index contributed by atoms with van der Waals surface area (Å²) in [5.41, 5.74) is 4.96. The van der Waals surface area contributed by atoms with Gasteiger partial charge in [0.2, 0.25) is 0 Å². The van der Waals surface area contributed by atoms with Gasteiger partial charge >= 0.3 is 0 Å². The minimum Gasteiger partial charge on any atom is -0.472 e. The average molecular weight is 502 g/mol. The number of nitrogens with one attached hydrogen (secondary N) is 1. The van der Waals surface area contributed by atoms with Gasteiger partial charge in [0.15, 0.2) is 9.84 Å². The summed E-state index contributed by atoms with van der Waals surface area (Å²) < 4.78 is 30.6. The largest absolute Gasteiger partial charge is 0.472 e. The van der Waals surface area contributed by atoms with Crippen molar-refractivity contribution >= 4 is 21.2 Å². The Balaban J connectivity index is 1.42. The normalized spacial score (nSPS) is 14.8. The van der Waals surface area contributed by atoms with E-state index >= 15 is 0 Å². The second kappa shape index (κ2) is 10.6. The van der Waals surface area contributed by atoms with Crippen LogP contribution >= 0.6 is 0 Å². The average Bonchev–Trinajstić information content (AvgIpc) is 3.41. The van der Waals surface area contributed by atoms with Gasteiger partial charge in [-0.1, -0.05) is 60.7 Å². The number of benzene rings is 3. The Kier molecular flexibility index (Phi) is 7.11. The first kappa shape index (κ1) is 24.2. The van der Waals surface area contributed by atoms with Gasteiger partial charge in [0.25, 0.3) is 0 Å². The zero-order valence-corrected chi connectivity index (χ0v) is 21.2. The van der Waals surface area contributed by atoms with Crippen LogP contribution in [0.5, 0.6) is 0 Å². The standard InChI is InChI=1S/C29H31N3O3S/c1-36(33,34)28-13-12-26(32-17-15-31(16-18-32)21-23-14-19-35-22-23)20-27(28)30-29(24-8-4-2-5-9-24)25-10-6-3-7-11-25/h2-14,19-20,22,29-30H,15-18,21H2,1H3. The maximum Gasteiger partial charge on any atom is 0.177 e. The molecule has 0 atom stereocenters. The first-order chi connectivity index (χ1) is 17.5. The zero-order chi connectivity index (χ0) is 25.0. The number of nitrogens with zero attached hydrogens (tertiary/aromatic N) is 2. The van der Waals surface area contributed by atoms with E-state index < -0.39 is 9.84 Å². The van der Waals surface area contributed by atoms with Gasteiger partial charge in [-0.15, -0.1) is 0 Å². The summed E-state index contributed by atoms with van der Waals surface area (Å²) in [6.45, 7) is 4.48. The first-order valence-electron chi connectivity index (χ1n) is 12.2. The first-order valence-corrected chi connectivity index (χ1v) is 14.1. The van der Waals surface area contributed by atoms with Crippen molar-refractivity contribution in [2.24, 2.45) is 0 Å². The van der Waals surface area contributed by atoms with E-state index in [0.29, 0.717) is 10.6 Å². The highest BCUT2D eigenvalue weighted by Crippen LogP contribution is 2.33. The van der Waals surface area contributed by atoms with Crippen LogP contribution in [0.4, 0.5) is 11.4 Å². The molecule has 2 heterocycles. The number of sulfone groups is 1. The summed E-state index contributed by atoms with van der Waals surface area (Å²) in [4.78, 5) is 5.04. The van der Waals surface area contributed by atoms with Crippen LogP contribution in [0.25, 0.3) is 0 Å². The Morgan fingerprint density at radius 1 is 0.861 bits per heavy atom. The van der Waals surface area contributed by atoms with Gasteiger partial charge < -0.3 is 14.6 Å². The molecule has 5 rings (SSSR count). The van der Waals surface area contributed by atoms with Crippen LogP contribution in [0.15, 0.2) is 107 Å². The summed E-state index contributed by atoms with van der Waals surface area (Å²) in [7, 11) is -3.43. The molecule has 186 valence electrons. The molecule has 36 heavy (non-hydrogen) atoms. The Labute approximate surface area is 213 Å². The molecule has 0 amide bonds. The van der Waals surface area contributed by atoms with E-state index in [4.69, 9.17) is 4.42 Å². The SMILES string of the molecule is CS(=O)(=O)c1ccc(N2CCN(Cc3ccoc3)CC2)cc1NC(c1ccccc1)c1ccccc1. The van der Waals surface area contributed by atoms with Crippen molar-refractivity contribution in [1.82, 2.24) is 4.90 Å². The molecule has 1 fully saturated rings. The van der Waals surface area contributed by atoms with Crippen molar-refractivity contribution in [3.63, 3.8) is 0 Å². The Hall–Kier alpha value is -3.55. The molecule has 3 aromatic carbocycles. The zero-order valence-electron chi connectivity index (χ0n) is 20.4. The number of furan rings is 1. The van der Waals surface area contributed by atoms with Crippen LogP contribution in [-0.2, 0) is 16.4 Å². The monoisotopic (exact) mass is 501 g/mol. The molecule has 1 aliphatic rings. The third kappa shape index (κ3) is 5.64. The lowest BCUT2D eigenvalue weighted by Crippen LogP contribution is -2.45. The minimum absolute atomic E-state index is 0.185. The molecule has 7 heteroatoms. The summed E-state index contributed by atoms with van der Waals surface area (Å²) in [6, 6.07) is 27.7. The van der Waals surface area contributed by atoms with E-state index in [1.165, 1.54) is 11.8 Å². The molecule has 4 aromatic rings. The number of hydrogen-bond acceptors (Lipinski definition) is 6. The summed E-state index contributed by atoms with van der Waals surface area (Å²) in [5.74, 6) is 0. The highest BCUT2D eigenvalue weighted by molar-refractivity contribution is 7.90. The van der Waals surface area contributed by atoms with Crippen LogP contribution in [0.1, 0.15) is 22.7 Å². The molecular weight excluding hydrogens is 470 g/mol. The molecule has 1 aliphatic heterocycles. The van der Waals surface area contributed by atoms with Gasteiger partial charge in [-0.05, 0) is 35.4 Å². The van der Waals surface area contributed by atoms with Crippen LogP contribution in [0, 0.1) is 0 Å². The van der Waals surface area contributed by atoms with E-state index in [2.05, 4.69) is 39.4 Å². The molecule has 0 bridgehead atoms.